The highest BCUT2D eigenvalue weighted by molar-refractivity contribution is 7.14. The van der Waals surface area contributed by atoms with Crippen molar-refractivity contribution in [2.45, 2.75) is 19.9 Å². The predicted molar refractivity (Wildman–Crippen MR) is 70.1 cm³/mol. The zero-order valence-corrected chi connectivity index (χ0v) is 11.1. The molecule has 0 saturated carbocycles. The Morgan fingerprint density at radius 1 is 1.41 bits per heavy atom. The van der Waals surface area contributed by atoms with Gasteiger partial charge in [-0.3, -0.25) is 4.98 Å². The van der Waals surface area contributed by atoms with Gasteiger partial charge in [0, 0.05) is 24.5 Å². The zero-order chi connectivity index (χ0) is 12.1. The second-order valence-electron chi connectivity index (χ2n) is 3.53. The minimum absolute atomic E-state index is 0.608. The van der Waals surface area contributed by atoms with Crippen LogP contribution in [0.25, 0.3) is 10.6 Å². The lowest BCUT2D eigenvalue weighted by molar-refractivity contribution is 0.668. The van der Waals surface area contributed by atoms with Crippen LogP contribution >= 0.6 is 22.9 Å². The quantitative estimate of drug-likeness (QED) is 0.847. The van der Waals surface area contributed by atoms with E-state index in [1.165, 1.54) is 0 Å². The van der Waals surface area contributed by atoms with Gasteiger partial charge in [-0.25, -0.2) is 0 Å². The number of nitrogens with one attached hydrogen (secondary N) is 1. The van der Waals surface area contributed by atoms with E-state index < -0.39 is 0 Å². The molecule has 6 heteroatoms. The fraction of sp³-hybridized carbons (Fsp3) is 0.364. The normalized spacial score (nSPS) is 10.7. The molecule has 0 radical (unpaired) electrons. The summed E-state index contributed by atoms with van der Waals surface area (Å²) in [4.78, 5) is 3.95. The summed E-state index contributed by atoms with van der Waals surface area (Å²) in [7, 11) is 0. The Morgan fingerprint density at radius 3 is 3.06 bits per heavy atom. The standard InChI is InChI=1S/C11H13ClN4S/c1-2-4-13-7-10-15-16-11(17-10)8-3-5-14-6-9(8)12/h3,5-6,13H,2,4,7H2,1H3. The Kier molecular flexibility index (Phi) is 4.42. The minimum Gasteiger partial charge on any atom is -0.310 e. The number of rotatable bonds is 5. The van der Waals surface area contributed by atoms with E-state index in [1.807, 2.05) is 6.07 Å². The molecule has 2 aromatic rings. The van der Waals surface area contributed by atoms with E-state index in [4.69, 9.17) is 11.6 Å². The molecule has 17 heavy (non-hydrogen) atoms. The van der Waals surface area contributed by atoms with E-state index in [2.05, 4.69) is 27.4 Å². The second kappa shape index (κ2) is 6.05. The molecule has 0 aliphatic heterocycles. The van der Waals surface area contributed by atoms with Gasteiger partial charge in [0.2, 0.25) is 0 Å². The van der Waals surface area contributed by atoms with Gasteiger partial charge in [0.15, 0.2) is 0 Å². The molecule has 0 amide bonds. The molecule has 0 unspecified atom stereocenters. The van der Waals surface area contributed by atoms with Gasteiger partial charge in [0.05, 0.1) is 5.02 Å². The summed E-state index contributed by atoms with van der Waals surface area (Å²) < 4.78 is 0. The highest BCUT2D eigenvalue weighted by Crippen LogP contribution is 2.28. The van der Waals surface area contributed by atoms with Crippen LogP contribution in [0.5, 0.6) is 0 Å². The zero-order valence-electron chi connectivity index (χ0n) is 9.48. The lowest BCUT2D eigenvalue weighted by Gasteiger charge is -1.97. The van der Waals surface area contributed by atoms with Crippen LogP contribution in [0.4, 0.5) is 0 Å². The number of pyridine rings is 1. The van der Waals surface area contributed by atoms with Crippen molar-refractivity contribution in [3.05, 3.63) is 28.5 Å². The van der Waals surface area contributed by atoms with Crippen LogP contribution in [-0.4, -0.2) is 21.7 Å². The van der Waals surface area contributed by atoms with Crippen LogP contribution < -0.4 is 5.32 Å². The van der Waals surface area contributed by atoms with Gasteiger partial charge in [-0.15, -0.1) is 10.2 Å². The lowest BCUT2D eigenvalue weighted by atomic mass is 10.3. The Balaban J connectivity index is 2.10. The molecule has 0 saturated heterocycles. The molecule has 90 valence electrons. The van der Waals surface area contributed by atoms with E-state index in [0.717, 1.165) is 35.1 Å². The highest BCUT2D eigenvalue weighted by Gasteiger charge is 2.09. The van der Waals surface area contributed by atoms with Gasteiger partial charge in [0.25, 0.3) is 0 Å². The average molecular weight is 269 g/mol. The predicted octanol–water partition coefficient (Wildman–Crippen LogP) is 2.75. The topological polar surface area (TPSA) is 50.7 Å². The van der Waals surface area contributed by atoms with Crippen molar-refractivity contribution in [1.82, 2.24) is 20.5 Å². The fourth-order valence-corrected chi connectivity index (χ4v) is 2.47. The van der Waals surface area contributed by atoms with Crippen molar-refractivity contribution >= 4 is 22.9 Å². The first-order chi connectivity index (χ1) is 8.31. The molecule has 0 atom stereocenters. The summed E-state index contributed by atoms with van der Waals surface area (Å²) in [6.45, 7) is 3.88. The van der Waals surface area contributed by atoms with E-state index in [1.54, 1.807) is 23.7 Å². The van der Waals surface area contributed by atoms with E-state index in [9.17, 15) is 0 Å². The van der Waals surface area contributed by atoms with Crippen molar-refractivity contribution < 1.29 is 0 Å². The third kappa shape index (κ3) is 3.21. The lowest BCUT2D eigenvalue weighted by Crippen LogP contribution is -2.13. The Bertz CT molecular complexity index is 486. The second-order valence-corrected chi connectivity index (χ2v) is 5.00. The van der Waals surface area contributed by atoms with Gasteiger partial charge >= 0.3 is 0 Å². The Morgan fingerprint density at radius 2 is 2.29 bits per heavy atom. The van der Waals surface area contributed by atoms with Crippen LogP contribution in [0.1, 0.15) is 18.4 Å². The molecule has 0 spiro atoms. The van der Waals surface area contributed by atoms with Gasteiger partial charge in [0.1, 0.15) is 10.0 Å². The summed E-state index contributed by atoms with van der Waals surface area (Å²) in [5.74, 6) is 0. The molecule has 0 aromatic carbocycles. The van der Waals surface area contributed by atoms with Crippen molar-refractivity contribution in [1.29, 1.82) is 0 Å². The van der Waals surface area contributed by atoms with Gasteiger partial charge < -0.3 is 5.32 Å². The molecular formula is C11H13ClN4S. The van der Waals surface area contributed by atoms with Crippen molar-refractivity contribution in [2.24, 2.45) is 0 Å². The summed E-state index contributed by atoms with van der Waals surface area (Å²) in [6.07, 6.45) is 4.44. The van der Waals surface area contributed by atoms with Crippen molar-refractivity contribution in [3.63, 3.8) is 0 Å². The van der Waals surface area contributed by atoms with Crippen LogP contribution in [0.15, 0.2) is 18.5 Å². The van der Waals surface area contributed by atoms with E-state index >= 15 is 0 Å². The first-order valence-corrected chi connectivity index (χ1v) is 6.63. The summed E-state index contributed by atoms with van der Waals surface area (Å²) in [5.41, 5.74) is 0.890. The van der Waals surface area contributed by atoms with Crippen LogP contribution in [-0.2, 0) is 6.54 Å². The maximum absolute atomic E-state index is 6.06. The Hall–Kier alpha value is -1.04. The molecule has 2 heterocycles. The number of hydrogen-bond acceptors (Lipinski definition) is 5. The number of nitrogens with zero attached hydrogens (tertiary/aromatic N) is 3. The average Bonchev–Trinajstić information content (AvgIpc) is 2.79. The maximum Gasteiger partial charge on any atom is 0.149 e. The van der Waals surface area contributed by atoms with Crippen LogP contribution in [0.3, 0.4) is 0 Å². The molecule has 0 aliphatic rings. The Labute approximate surface area is 109 Å². The largest absolute Gasteiger partial charge is 0.310 e. The number of hydrogen-bond donors (Lipinski definition) is 1. The SMILES string of the molecule is CCCNCc1nnc(-c2ccncc2Cl)s1. The van der Waals surface area contributed by atoms with Crippen LogP contribution in [0, 0.1) is 0 Å². The molecule has 2 rings (SSSR count). The highest BCUT2D eigenvalue weighted by atomic mass is 35.5. The molecule has 0 bridgehead atoms. The van der Waals surface area contributed by atoms with Gasteiger partial charge in [-0.1, -0.05) is 29.9 Å². The van der Waals surface area contributed by atoms with E-state index in [0.29, 0.717) is 5.02 Å². The van der Waals surface area contributed by atoms with Crippen molar-refractivity contribution in [2.75, 3.05) is 6.54 Å². The van der Waals surface area contributed by atoms with Gasteiger partial charge in [-0.05, 0) is 19.0 Å². The smallest absolute Gasteiger partial charge is 0.149 e. The molecule has 0 aliphatic carbocycles. The number of halogens is 1. The fourth-order valence-electron chi connectivity index (χ4n) is 1.35. The summed E-state index contributed by atoms with van der Waals surface area (Å²) in [5, 5.41) is 14.0. The summed E-state index contributed by atoms with van der Waals surface area (Å²) >= 11 is 7.61. The van der Waals surface area contributed by atoms with Crippen LogP contribution in [0.2, 0.25) is 5.02 Å². The van der Waals surface area contributed by atoms with Crippen molar-refractivity contribution in [3.8, 4) is 10.6 Å². The molecule has 2 aromatic heterocycles. The third-order valence-electron chi connectivity index (χ3n) is 2.17. The minimum atomic E-state index is 0.608. The summed E-state index contributed by atoms with van der Waals surface area (Å²) in [6, 6.07) is 1.85. The molecule has 0 fully saturated rings. The first-order valence-electron chi connectivity index (χ1n) is 5.44. The van der Waals surface area contributed by atoms with Gasteiger partial charge in [-0.2, -0.15) is 0 Å². The molecule has 1 N–H and O–H groups in total. The molecule has 4 nitrogen and oxygen atoms in total. The number of aromatic nitrogens is 3. The maximum atomic E-state index is 6.06. The monoisotopic (exact) mass is 268 g/mol. The first kappa shape index (κ1) is 12.4. The molecular weight excluding hydrogens is 256 g/mol. The third-order valence-corrected chi connectivity index (χ3v) is 3.43. The van der Waals surface area contributed by atoms with E-state index in [-0.39, 0.29) is 0 Å².